The topological polar surface area (TPSA) is 29.5 Å². The van der Waals surface area contributed by atoms with Gasteiger partial charge in [0.1, 0.15) is 5.75 Å². The van der Waals surface area contributed by atoms with E-state index in [9.17, 15) is 5.11 Å². The third-order valence-corrected chi connectivity index (χ3v) is 2.80. The zero-order chi connectivity index (χ0) is 12.3. The monoisotopic (exact) mass is 222 g/mol. The Morgan fingerprint density at radius 3 is 2.38 bits per heavy atom. The lowest BCUT2D eigenvalue weighted by atomic mass is 9.84. The summed E-state index contributed by atoms with van der Waals surface area (Å²) in [5.74, 6) is 0.888. The smallest absolute Gasteiger partial charge is 0.122 e. The second kappa shape index (κ2) is 4.88. The Balaban J connectivity index is 3.22. The highest BCUT2D eigenvalue weighted by Gasteiger charge is 2.20. The van der Waals surface area contributed by atoms with E-state index in [1.54, 1.807) is 7.11 Å². The normalized spacial score (nSPS) is 13.6. The molecule has 0 spiro atoms. The van der Waals surface area contributed by atoms with E-state index in [1.165, 1.54) is 0 Å². The second-order valence-electron chi connectivity index (χ2n) is 5.13. The fraction of sp³-hybridized carbons (Fsp3) is 0.571. The van der Waals surface area contributed by atoms with Crippen LogP contribution in [0, 0.1) is 0 Å². The molecule has 0 aliphatic carbocycles. The Hall–Kier alpha value is -1.02. The maximum atomic E-state index is 9.84. The van der Waals surface area contributed by atoms with Crippen molar-refractivity contribution in [1.82, 2.24) is 0 Å². The maximum absolute atomic E-state index is 9.84. The van der Waals surface area contributed by atoms with E-state index in [2.05, 4.69) is 20.8 Å². The minimum absolute atomic E-state index is 0.0226. The first-order valence-electron chi connectivity index (χ1n) is 5.76. The number of hydrogen-bond donors (Lipinski definition) is 1. The minimum Gasteiger partial charge on any atom is -0.496 e. The molecule has 0 amide bonds. The van der Waals surface area contributed by atoms with Crippen LogP contribution in [0.1, 0.15) is 51.3 Å². The van der Waals surface area contributed by atoms with Gasteiger partial charge >= 0.3 is 0 Å². The standard InChI is InChI=1S/C14H22O2/c1-6-12(15)10-7-8-13(16-5)11(9-10)14(2,3)4/h7-9,12,15H,6H2,1-5H3. The van der Waals surface area contributed by atoms with Gasteiger partial charge in [0, 0.05) is 0 Å². The summed E-state index contributed by atoms with van der Waals surface area (Å²) in [6, 6.07) is 5.92. The average Bonchev–Trinajstić information content (AvgIpc) is 2.26. The van der Waals surface area contributed by atoms with Gasteiger partial charge in [0.15, 0.2) is 0 Å². The fourth-order valence-corrected chi connectivity index (χ4v) is 1.75. The number of aliphatic hydroxyl groups excluding tert-OH is 1. The average molecular weight is 222 g/mol. The Morgan fingerprint density at radius 2 is 1.94 bits per heavy atom. The van der Waals surface area contributed by atoms with Gasteiger partial charge < -0.3 is 9.84 Å². The van der Waals surface area contributed by atoms with E-state index < -0.39 is 0 Å². The minimum atomic E-state index is -0.382. The second-order valence-corrected chi connectivity index (χ2v) is 5.13. The third kappa shape index (κ3) is 2.76. The summed E-state index contributed by atoms with van der Waals surface area (Å²) in [6.07, 6.45) is 0.350. The van der Waals surface area contributed by atoms with Gasteiger partial charge in [-0.2, -0.15) is 0 Å². The molecule has 0 fully saturated rings. The van der Waals surface area contributed by atoms with Crippen LogP contribution in [0.2, 0.25) is 0 Å². The highest BCUT2D eigenvalue weighted by molar-refractivity contribution is 5.42. The Morgan fingerprint density at radius 1 is 1.31 bits per heavy atom. The summed E-state index contributed by atoms with van der Waals surface area (Å²) in [7, 11) is 1.68. The molecule has 90 valence electrons. The van der Waals surface area contributed by atoms with Crippen molar-refractivity contribution in [3.8, 4) is 5.75 Å². The Bertz CT molecular complexity index is 350. The van der Waals surface area contributed by atoms with Crippen molar-refractivity contribution in [2.45, 2.75) is 45.6 Å². The van der Waals surface area contributed by atoms with Crippen molar-refractivity contribution in [3.63, 3.8) is 0 Å². The van der Waals surface area contributed by atoms with Crippen molar-refractivity contribution >= 4 is 0 Å². The summed E-state index contributed by atoms with van der Waals surface area (Å²) < 4.78 is 5.36. The zero-order valence-electron chi connectivity index (χ0n) is 10.9. The Kier molecular flexibility index (Phi) is 3.98. The highest BCUT2D eigenvalue weighted by Crippen LogP contribution is 2.33. The van der Waals surface area contributed by atoms with Gasteiger partial charge in [0.2, 0.25) is 0 Å². The molecule has 0 heterocycles. The molecule has 1 aromatic rings. The lowest BCUT2D eigenvalue weighted by Gasteiger charge is -2.23. The van der Waals surface area contributed by atoms with Crippen LogP contribution in [0.3, 0.4) is 0 Å². The molecule has 0 aromatic heterocycles. The van der Waals surface area contributed by atoms with Gasteiger partial charge in [-0.05, 0) is 35.1 Å². The Labute approximate surface area is 98.3 Å². The molecular weight excluding hydrogens is 200 g/mol. The van der Waals surface area contributed by atoms with E-state index in [0.717, 1.165) is 23.3 Å². The molecule has 0 saturated carbocycles. The molecule has 0 aliphatic rings. The highest BCUT2D eigenvalue weighted by atomic mass is 16.5. The number of ether oxygens (including phenoxy) is 1. The van der Waals surface area contributed by atoms with Gasteiger partial charge in [0.25, 0.3) is 0 Å². The summed E-state index contributed by atoms with van der Waals surface area (Å²) in [5, 5.41) is 9.84. The van der Waals surface area contributed by atoms with Gasteiger partial charge in [-0.15, -0.1) is 0 Å². The van der Waals surface area contributed by atoms with Gasteiger partial charge in [-0.1, -0.05) is 33.8 Å². The summed E-state index contributed by atoms with van der Waals surface area (Å²) >= 11 is 0. The van der Waals surface area contributed by atoms with Gasteiger partial charge in [-0.25, -0.2) is 0 Å². The van der Waals surface area contributed by atoms with Crippen molar-refractivity contribution in [1.29, 1.82) is 0 Å². The summed E-state index contributed by atoms with van der Waals surface area (Å²) in [4.78, 5) is 0. The molecule has 0 bridgehead atoms. The molecule has 1 unspecified atom stereocenters. The lowest BCUT2D eigenvalue weighted by molar-refractivity contribution is 0.173. The van der Waals surface area contributed by atoms with Crippen LogP contribution in [-0.2, 0) is 5.41 Å². The van der Waals surface area contributed by atoms with E-state index in [0.29, 0.717) is 0 Å². The molecule has 2 nitrogen and oxygen atoms in total. The molecule has 1 rings (SSSR count). The molecule has 1 aromatic carbocycles. The van der Waals surface area contributed by atoms with E-state index in [-0.39, 0.29) is 11.5 Å². The van der Waals surface area contributed by atoms with E-state index in [1.807, 2.05) is 25.1 Å². The van der Waals surface area contributed by atoms with E-state index in [4.69, 9.17) is 4.74 Å². The number of rotatable bonds is 3. The van der Waals surface area contributed by atoms with E-state index >= 15 is 0 Å². The maximum Gasteiger partial charge on any atom is 0.122 e. The van der Waals surface area contributed by atoms with Crippen LogP contribution < -0.4 is 4.74 Å². The third-order valence-electron chi connectivity index (χ3n) is 2.80. The van der Waals surface area contributed by atoms with Gasteiger partial charge in [-0.3, -0.25) is 0 Å². The molecule has 1 atom stereocenters. The molecule has 0 aliphatic heterocycles. The SMILES string of the molecule is CCC(O)c1ccc(OC)c(C(C)(C)C)c1. The first-order chi connectivity index (χ1) is 7.40. The lowest BCUT2D eigenvalue weighted by Crippen LogP contribution is -2.13. The van der Waals surface area contributed by atoms with Crippen molar-refractivity contribution in [2.75, 3.05) is 7.11 Å². The number of aliphatic hydroxyl groups is 1. The largest absolute Gasteiger partial charge is 0.496 e. The van der Waals surface area contributed by atoms with Crippen molar-refractivity contribution < 1.29 is 9.84 Å². The number of hydrogen-bond acceptors (Lipinski definition) is 2. The molecule has 16 heavy (non-hydrogen) atoms. The van der Waals surface area contributed by atoms with Crippen LogP contribution in [0.25, 0.3) is 0 Å². The molecule has 2 heteroatoms. The van der Waals surface area contributed by atoms with Gasteiger partial charge in [0.05, 0.1) is 13.2 Å². The van der Waals surface area contributed by atoms with Crippen LogP contribution >= 0.6 is 0 Å². The fourth-order valence-electron chi connectivity index (χ4n) is 1.75. The molecule has 0 radical (unpaired) electrons. The number of benzene rings is 1. The quantitative estimate of drug-likeness (QED) is 0.849. The van der Waals surface area contributed by atoms with Crippen LogP contribution in [0.5, 0.6) is 5.75 Å². The van der Waals surface area contributed by atoms with Crippen LogP contribution in [0.15, 0.2) is 18.2 Å². The molecule has 0 saturated heterocycles. The predicted octanol–water partition coefficient (Wildman–Crippen LogP) is 3.44. The van der Waals surface area contributed by atoms with Crippen LogP contribution in [0.4, 0.5) is 0 Å². The zero-order valence-corrected chi connectivity index (χ0v) is 10.9. The van der Waals surface area contributed by atoms with Crippen molar-refractivity contribution in [2.24, 2.45) is 0 Å². The first kappa shape index (κ1) is 13.0. The first-order valence-corrected chi connectivity index (χ1v) is 5.76. The number of methoxy groups -OCH3 is 1. The van der Waals surface area contributed by atoms with Crippen molar-refractivity contribution in [3.05, 3.63) is 29.3 Å². The summed E-state index contributed by atoms with van der Waals surface area (Å²) in [5.41, 5.74) is 2.13. The van der Waals surface area contributed by atoms with Crippen LogP contribution in [-0.4, -0.2) is 12.2 Å². The summed E-state index contributed by atoms with van der Waals surface area (Å²) in [6.45, 7) is 8.42. The molecular formula is C14H22O2. The molecule has 1 N–H and O–H groups in total. The predicted molar refractivity (Wildman–Crippen MR) is 66.9 cm³/mol.